The average Bonchev–Trinajstić information content (AvgIpc) is 2.21. The zero-order valence-corrected chi connectivity index (χ0v) is 10.8. The maximum absolute atomic E-state index is 13.4. The molecule has 0 fully saturated rings. The minimum Gasteiger partial charge on any atom is -0.310 e. The number of halogens is 2. The lowest BCUT2D eigenvalue weighted by atomic mass is 9.97. The summed E-state index contributed by atoms with van der Waals surface area (Å²) in [5, 5.41) is 3.55. The van der Waals surface area contributed by atoms with Gasteiger partial charge in [-0.1, -0.05) is 38.4 Å². The second-order valence-corrected chi connectivity index (χ2v) is 4.82. The van der Waals surface area contributed by atoms with Gasteiger partial charge in [-0.25, -0.2) is 4.39 Å². The van der Waals surface area contributed by atoms with Crippen LogP contribution in [-0.2, 0) is 0 Å². The van der Waals surface area contributed by atoms with Crippen molar-refractivity contribution in [3.05, 3.63) is 34.6 Å². The highest BCUT2D eigenvalue weighted by molar-refractivity contribution is 6.30. The molecule has 1 N–H and O–H groups in total. The van der Waals surface area contributed by atoms with Crippen molar-refractivity contribution in [3.8, 4) is 0 Å². The van der Waals surface area contributed by atoms with E-state index in [-0.39, 0.29) is 16.9 Å². The van der Waals surface area contributed by atoms with Gasteiger partial charge < -0.3 is 5.32 Å². The van der Waals surface area contributed by atoms with Gasteiger partial charge in [-0.05, 0) is 36.6 Å². The Hall–Kier alpha value is -0.600. The topological polar surface area (TPSA) is 12.0 Å². The van der Waals surface area contributed by atoms with Gasteiger partial charge in [-0.3, -0.25) is 0 Å². The molecule has 1 aromatic rings. The third kappa shape index (κ3) is 3.76. The van der Waals surface area contributed by atoms with Crippen LogP contribution in [0.15, 0.2) is 18.2 Å². The van der Waals surface area contributed by atoms with Gasteiger partial charge in [0, 0.05) is 6.04 Å². The maximum Gasteiger partial charge on any atom is 0.142 e. The molecule has 1 atom stereocenters. The van der Waals surface area contributed by atoms with Gasteiger partial charge in [0.25, 0.3) is 0 Å². The smallest absolute Gasteiger partial charge is 0.142 e. The van der Waals surface area contributed by atoms with E-state index in [1.807, 2.05) is 6.07 Å². The van der Waals surface area contributed by atoms with Crippen molar-refractivity contribution in [3.63, 3.8) is 0 Å². The van der Waals surface area contributed by atoms with E-state index in [1.54, 1.807) is 6.07 Å². The first kappa shape index (κ1) is 13.5. The van der Waals surface area contributed by atoms with E-state index in [1.165, 1.54) is 6.07 Å². The van der Waals surface area contributed by atoms with Crippen LogP contribution in [0.3, 0.4) is 0 Å². The molecule has 0 bridgehead atoms. The maximum atomic E-state index is 13.4. The van der Waals surface area contributed by atoms with Crippen LogP contribution in [0, 0.1) is 11.7 Å². The van der Waals surface area contributed by atoms with Crippen LogP contribution in [0.1, 0.15) is 38.8 Å². The van der Waals surface area contributed by atoms with E-state index in [9.17, 15) is 4.39 Å². The summed E-state index contributed by atoms with van der Waals surface area (Å²) in [7, 11) is 0. The molecule has 0 aliphatic heterocycles. The predicted octanol–water partition coefficient (Wildman–Crippen LogP) is 4.18. The van der Waals surface area contributed by atoms with E-state index in [4.69, 9.17) is 11.6 Å². The molecule has 1 rings (SSSR count). The van der Waals surface area contributed by atoms with Gasteiger partial charge in [-0.2, -0.15) is 0 Å². The minimum absolute atomic E-state index is 0.184. The highest BCUT2D eigenvalue weighted by Gasteiger charge is 2.13. The predicted molar refractivity (Wildman–Crippen MR) is 67.3 cm³/mol. The molecule has 1 unspecified atom stereocenters. The van der Waals surface area contributed by atoms with Gasteiger partial charge in [-0.15, -0.1) is 0 Å². The van der Waals surface area contributed by atoms with Crippen LogP contribution in [-0.4, -0.2) is 6.54 Å². The third-order valence-electron chi connectivity index (χ3n) is 2.50. The number of hydrogen-bond acceptors (Lipinski definition) is 1. The molecule has 0 radical (unpaired) electrons. The first-order valence-corrected chi connectivity index (χ1v) is 6.10. The van der Waals surface area contributed by atoms with E-state index >= 15 is 0 Å². The SMILES string of the molecule is CCNC(CC(C)C)c1ccc(Cl)c(F)c1. The quantitative estimate of drug-likeness (QED) is 0.818. The molecule has 0 spiro atoms. The molecule has 0 saturated carbocycles. The van der Waals surface area contributed by atoms with E-state index in [0.29, 0.717) is 5.92 Å². The lowest BCUT2D eigenvalue weighted by Crippen LogP contribution is -2.22. The molecule has 0 heterocycles. The molecule has 0 amide bonds. The Morgan fingerprint density at radius 1 is 1.38 bits per heavy atom. The Bertz CT molecular complexity index is 339. The highest BCUT2D eigenvalue weighted by Crippen LogP contribution is 2.24. The zero-order valence-electron chi connectivity index (χ0n) is 10.1. The summed E-state index contributed by atoms with van der Waals surface area (Å²) in [6, 6.07) is 5.24. The fraction of sp³-hybridized carbons (Fsp3) is 0.538. The number of hydrogen-bond donors (Lipinski definition) is 1. The molecular weight excluding hydrogens is 225 g/mol. The molecule has 0 saturated heterocycles. The second-order valence-electron chi connectivity index (χ2n) is 4.41. The summed E-state index contributed by atoms with van der Waals surface area (Å²) >= 11 is 5.67. The van der Waals surface area contributed by atoms with E-state index in [0.717, 1.165) is 18.5 Å². The van der Waals surface area contributed by atoms with Crippen molar-refractivity contribution in [2.24, 2.45) is 5.92 Å². The Labute approximate surface area is 102 Å². The molecule has 90 valence electrons. The Kier molecular flexibility index (Phi) is 5.23. The van der Waals surface area contributed by atoms with Crippen LogP contribution >= 0.6 is 11.6 Å². The largest absolute Gasteiger partial charge is 0.310 e. The van der Waals surface area contributed by atoms with Gasteiger partial charge >= 0.3 is 0 Å². The lowest BCUT2D eigenvalue weighted by molar-refractivity contribution is 0.437. The zero-order chi connectivity index (χ0) is 12.1. The summed E-state index contributed by atoms with van der Waals surface area (Å²) in [5.74, 6) is 0.230. The van der Waals surface area contributed by atoms with Crippen molar-refractivity contribution in [2.45, 2.75) is 33.2 Å². The summed E-state index contributed by atoms with van der Waals surface area (Å²) in [6.45, 7) is 7.26. The molecule has 16 heavy (non-hydrogen) atoms. The highest BCUT2D eigenvalue weighted by atomic mass is 35.5. The molecule has 0 aliphatic carbocycles. The first-order chi connectivity index (χ1) is 7.54. The van der Waals surface area contributed by atoms with Crippen LogP contribution in [0.5, 0.6) is 0 Å². The summed E-state index contributed by atoms with van der Waals surface area (Å²) < 4.78 is 13.4. The molecule has 1 nitrogen and oxygen atoms in total. The molecule has 0 aromatic heterocycles. The summed E-state index contributed by atoms with van der Waals surface area (Å²) in [6.07, 6.45) is 0.995. The van der Waals surface area contributed by atoms with Crippen molar-refractivity contribution in [1.29, 1.82) is 0 Å². The second kappa shape index (κ2) is 6.21. The van der Waals surface area contributed by atoms with E-state index in [2.05, 4.69) is 26.1 Å². The van der Waals surface area contributed by atoms with Crippen molar-refractivity contribution in [2.75, 3.05) is 6.54 Å². The number of rotatable bonds is 5. The first-order valence-electron chi connectivity index (χ1n) is 5.73. The van der Waals surface area contributed by atoms with Crippen molar-refractivity contribution in [1.82, 2.24) is 5.32 Å². The average molecular weight is 244 g/mol. The van der Waals surface area contributed by atoms with Gasteiger partial charge in [0.2, 0.25) is 0 Å². The Morgan fingerprint density at radius 3 is 2.56 bits per heavy atom. The fourth-order valence-electron chi connectivity index (χ4n) is 1.78. The van der Waals surface area contributed by atoms with Crippen LogP contribution in [0.2, 0.25) is 5.02 Å². The summed E-state index contributed by atoms with van der Waals surface area (Å²) in [5.41, 5.74) is 0.970. The molecule has 0 aliphatic rings. The normalized spacial score (nSPS) is 13.1. The van der Waals surface area contributed by atoms with Crippen LogP contribution in [0.4, 0.5) is 4.39 Å². The molecule has 1 aromatic carbocycles. The minimum atomic E-state index is -0.342. The van der Waals surface area contributed by atoms with Crippen molar-refractivity contribution >= 4 is 11.6 Å². The monoisotopic (exact) mass is 243 g/mol. The third-order valence-corrected chi connectivity index (χ3v) is 2.81. The Balaban J connectivity index is 2.87. The van der Waals surface area contributed by atoms with Gasteiger partial charge in [0.05, 0.1) is 5.02 Å². The standard InChI is InChI=1S/C13H19ClFN/c1-4-16-13(7-9(2)3)10-5-6-11(14)12(15)8-10/h5-6,8-9,13,16H,4,7H2,1-3H3. The molecule has 3 heteroatoms. The van der Waals surface area contributed by atoms with Gasteiger partial charge in [0.15, 0.2) is 0 Å². The fourth-order valence-corrected chi connectivity index (χ4v) is 1.90. The van der Waals surface area contributed by atoms with Crippen LogP contribution in [0.25, 0.3) is 0 Å². The van der Waals surface area contributed by atoms with Crippen LogP contribution < -0.4 is 5.32 Å². The van der Waals surface area contributed by atoms with Crippen molar-refractivity contribution < 1.29 is 4.39 Å². The van der Waals surface area contributed by atoms with E-state index < -0.39 is 0 Å². The molecular formula is C13H19ClFN. The number of benzene rings is 1. The lowest BCUT2D eigenvalue weighted by Gasteiger charge is -2.20. The number of nitrogens with one attached hydrogen (secondary N) is 1. The van der Waals surface area contributed by atoms with Gasteiger partial charge in [0.1, 0.15) is 5.82 Å². The summed E-state index contributed by atoms with van der Waals surface area (Å²) in [4.78, 5) is 0. The Morgan fingerprint density at radius 2 is 2.06 bits per heavy atom.